The number of carbonyl (C=O) groups excluding carboxylic acids is 1. The van der Waals surface area contributed by atoms with Crippen molar-refractivity contribution in [2.75, 3.05) is 51.3 Å². The number of urea groups is 1. The molecule has 2 aromatic carbocycles. The molecule has 2 amide bonds. The van der Waals surface area contributed by atoms with Crippen molar-refractivity contribution in [3.63, 3.8) is 0 Å². The molecule has 0 bridgehead atoms. The van der Waals surface area contributed by atoms with Crippen LogP contribution in [0.1, 0.15) is 0 Å². The lowest BCUT2D eigenvalue weighted by Gasteiger charge is -2.36. The van der Waals surface area contributed by atoms with Crippen LogP contribution in [0.4, 0.5) is 14.9 Å². The molecule has 27 heavy (non-hydrogen) atoms. The van der Waals surface area contributed by atoms with Crippen molar-refractivity contribution < 1.29 is 18.7 Å². The third kappa shape index (κ3) is 5.26. The highest BCUT2D eigenvalue weighted by molar-refractivity contribution is 5.74. The van der Waals surface area contributed by atoms with Crippen LogP contribution in [0.25, 0.3) is 0 Å². The summed E-state index contributed by atoms with van der Waals surface area (Å²) >= 11 is 0. The van der Waals surface area contributed by atoms with E-state index in [1.165, 1.54) is 12.1 Å². The summed E-state index contributed by atoms with van der Waals surface area (Å²) in [6.45, 7) is 3.53. The van der Waals surface area contributed by atoms with Gasteiger partial charge in [0.05, 0.1) is 13.7 Å². The second-order valence-corrected chi connectivity index (χ2v) is 6.21. The van der Waals surface area contributed by atoms with Gasteiger partial charge < -0.3 is 24.6 Å². The maximum absolute atomic E-state index is 13.1. The van der Waals surface area contributed by atoms with Crippen molar-refractivity contribution in [3.05, 3.63) is 54.3 Å². The molecule has 2 aromatic rings. The number of hydrogen-bond acceptors (Lipinski definition) is 4. The summed E-state index contributed by atoms with van der Waals surface area (Å²) in [6.07, 6.45) is 0. The van der Waals surface area contributed by atoms with Gasteiger partial charge in [0.1, 0.15) is 23.9 Å². The van der Waals surface area contributed by atoms with Crippen LogP contribution in [-0.4, -0.2) is 57.4 Å². The second-order valence-electron chi connectivity index (χ2n) is 6.21. The van der Waals surface area contributed by atoms with Gasteiger partial charge in [0.25, 0.3) is 0 Å². The van der Waals surface area contributed by atoms with Gasteiger partial charge in [0.15, 0.2) is 0 Å². The van der Waals surface area contributed by atoms with Gasteiger partial charge in [-0.2, -0.15) is 0 Å². The van der Waals surface area contributed by atoms with Crippen LogP contribution in [0.15, 0.2) is 48.5 Å². The molecular weight excluding hydrogens is 349 g/mol. The van der Waals surface area contributed by atoms with Crippen LogP contribution in [0, 0.1) is 5.82 Å². The number of piperazine rings is 1. The van der Waals surface area contributed by atoms with Gasteiger partial charge in [0, 0.05) is 37.9 Å². The van der Waals surface area contributed by atoms with Crippen LogP contribution >= 0.6 is 0 Å². The van der Waals surface area contributed by atoms with Crippen molar-refractivity contribution in [3.8, 4) is 11.5 Å². The third-order valence-corrected chi connectivity index (χ3v) is 4.45. The summed E-state index contributed by atoms with van der Waals surface area (Å²) in [4.78, 5) is 16.3. The predicted octanol–water partition coefficient (Wildman–Crippen LogP) is 2.74. The molecule has 0 unspecified atom stereocenters. The largest absolute Gasteiger partial charge is 0.497 e. The number of methoxy groups -OCH3 is 1. The number of anilines is 1. The molecule has 3 rings (SSSR count). The first kappa shape index (κ1) is 18.8. The number of halogens is 1. The number of carbonyl (C=O) groups is 1. The fraction of sp³-hybridized carbons (Fsp3) is 0.350. The molecule has 1 heterocycles. The Morgan fingerprint density at radius 2 is 1.81 bits per heavy atom. The number of nitrogens with one attached hydrogen (secondary N) is 1. The molecule has 0 atom stereocenters. The van der Waals surface area contributed by atoms with E-state index in [9.17, 15) is 9.18 Å². The zero-order valence-electron chi connectivity index (χ0n) is 15.4. The van der Waals surface area contributed by atoms with Gasteiger partial charge >= 0.3 is 6.03 Å². The Bertz CT molecular complexity index is 746. The number of ether oxygens (including phenoxy) is 2. The van der Waals surface area contributed by atoms with E-state index < -0.39 is 0 Å². The molecule has 144 valence electrons. The lowest BCUT2D eigenvalue weighted by molar-refractivity contribution is 0.191. The van der Waals surface area contributed by atoms with Gasteiger partial charge in [-0.1, -0.05) is 6.07 Å². The zero-order valence-corrected chi connectivity index (χ0v) is 15.4. The SMILES string of the molecule is COc1ccc(N2CCN(C(=O)NCCOc3cccc(F)c3)CC2)cc1. The third-order valence-electron chi connectivity index (χ3n) is 4.45. The summed E-state index contributed by atoms with van der Waals surface area (Å²) in [7, 11) is 1.65. The van der Waals surface area contributed by atoms with Gasteiger partial charge in [-0.25, -0.2) is 9.18 Å². The molecule has 0 aromatic heterocycles. The van der Waals surface area contributed by atoms with Crippen LogP contribution in [0.5, 0.6) is 11.5 Å². The Hall–Kier alpha value is -2.96. The highest BCUT2D eigenvalue weighted by Gasteiger charge is 2.21. The summed E-state index contributed by atoms with van der Waals surface area (Å²) in [5, 5.41) is 2.84. The molecule has 1 fully saturated rings. The number of benzene rings is 2. The van der Waals surface area contributed by atoms with E-state index >= 15 is 0 Å². The minimum absolute atomic E-state index is 0.104. The van der Waals surface area contributed by atoms with Gasteiger partial charge in [-0.3, -0.25) is 0 Å². The minimum atomic E-state index is -0.341. The number of rotatable bonds is 6. The average Bonchev–Trinajstić information content (AvgIpc) is 2.71. The van der Waals surface area contributed by atoms with E-state index in [4.69, 9.17) is 9.47 Å². The smallest absolute Gasteiger partial charge is 0.317 e. The molecule has 1 saturated heterocycles. The van der Waals surface area contributed by atoms with E-state index in [0.717, 1.165) is 24.5 Å². The van der Waals surface area contributed by atoms with Crippen LogP contribution in [0.3, 0.4) is 0 Å². The fourth-order valence-electron chi connectivity index (χ4n) is 2.96. The number of nitrogens with zero attached hydrogens (tertiary/aromatic N) is 2. The van der Waals surface area contributed by atoms with Gasteiger partial charge in [-0.05, 0) is 36.4 Å². The topological polar surface area (TPSA) is 54.0 Å². The van der Waals surface area contributed by atoms with E-state index in [1.54, 1.807) is 24.1 Å². The molecule has 7 heteroatoms. The summed E-state index contributed by atoms with van der Waals surface area (Å²) in [5.41, 5.74) is 1.12. The van der Waals surface area contributed by atoms with Gasteiger partial charge in [0.2, 0.25) is 0 Å². The molecule has 1 N–H and O–H groups in total. The first-order valence-electron chi connectivity index (χ1n) is 8.96. The lowest BCUT2D eigenvalue weighted by atomic mass is 10.2. The summed E-state index contributed by atoms with van der Waals surface area (Å²) in [5.74, 6) is 0.945. The van der Waals surface area contributed by atoms with E-state index in [2.05, 4.69) is 10.2 Å². The molecule has 0 aliphatic carbocycles. The van der Waals surface area contributed by atoms with Crippen LogP contribution in [-0.2, 0) is 0 Å². The van der Waals surface area contributed by atoms with Crippen LogP contribution in [0.2, 0.25) is 0 Å². The van der Waals surface area contributed by atoms with Crippen LogP contribution < -0.4 is 19.7 Å². The van der Waals surface area contributed by atoms with Gasteiger partial charge in [-0.15, -0.1) is 0 Å². The molecule has 0 saturated carbocycles. The minimum Gasteiger partial charge on any atom is -0.497 e. The Morgan fingerprint density at radius 3 is 2.48 bits per heavy atom. The molecule has 1 aliphatic rings. The molecular formula is C20H24FN3O3. The van der Waals surface area contributed by atoms with E-state index in [-0.39, 0.29) is 11.8 Å². The maximum atomic E-state index is 13.1. The quantitative estimate of drug-likeness (QED) is 0.791. The first-order valence-corrected chi connectivity index (χ1v) is 8.96. The highest BCUT2D eigenvalue weighted by atomic mass is 19.1. The average molecular weight is 373 g/mol. The Morgan fingerprint density at radius 1 is 1.07 bits per heavy atom. The first-order chi connectivity index (χ1) is 13.2. The lowest BCUT2D eigenvalue weighted by Crippen LogP contribution is -2.52. The highest BCUT2D eigenvalue weighted by Crippen LogP contribution is 2.20. The summed E-state index contributed by atoms with van der Waals surface area (Å²) < 4.78 is 23.7. The Labute approximate surface area is 158 Å². The van der Waals surface area contributed by atoms with E-state index in [1.807, 2.05) is 24.3 Å². The van der Waals surface area contributed by atoms with Crippen molar-refractivity contribution in [2.24, 2.45) is 0 Å². The monoisotopic (exact) mass is 373 g/mol. The second kappa shape index (κ2) is 9.12. The van der Waals surface area contributed by atoms with Crippen molar-refractivity contribution in [1.82, 2.24) is 10.2 Å². The standard InChI is InChI=1S/C20H24FN3O3/c1-26-18-7-5-17(6-8-18)23-10-12-24(13-11-23)20(25)22-9-14-27-19-4-2-3-16(21)15-19/h2-8,15H,9-14H2,1H3,(H,22,25). The zero-order chi connectivity index (χ0) is 19.1. The molecule has 6 nitrogen and oxygen atoms in total. The molecule has 1 aliphatic heterocycles. The van der Waals surface area contributed by atoms with Crippen molar-refractivity contribution in [2.45, 2.75) is 0 Å². The normalized spacial score (nSPS) is 14.0. The molecule has 0 radical (unpaired) electrons. The van der Waals surface area contributed by atoms with Crippen molar-refractivity contribution >= 4 is 11.7 Å². The van der Waals surface area contributed by atoms with Crippen molar-refractivity contribution in [1.29, 1.82) is 0 Å². The Kier molecular flexibility index (Phi) is 6.35. The molecule has 0 spiro atoms. The fourth-order valence-corrected chi connectivity index (χ4v) is 2.96. The number of amides is 2. The predicted molar refractivity (Wildman–Crippen MR) is 102 cm³/mol. The number of hydrogen-bond donors (Lipinski definition) is 1. The van der Waals surface area contributed by atoms with E-state index in [0.29, 0.717) is 32.0 Å². The summed E-state index contributed by atoms with van der Waals surface area (Å²) in [6, 6.07) is 13.8. The Balaban J connectivity index is 1.38. The maximum Gasteiger partial charge on any atom is 0.317 e.